The Hall–Kier alpha value is -1.25. The molecule has 2 atom stereocenters. The van der Waals surface area contributed by atoms with E-state index in [9.17, 15) is 10.1 Å². The number of hydrogen-bond acceptors (Lipinski definition) is 6. The number of hydrogen-bond donors (Lipinski definition) is 1. The Balaban J connectivity index is 2.33. The van der Waals surface area contributed by atoms with Crippen molar-refractivity contribution in [2.75, 3.05) is 25.1 Å². The fourth-order valence-corrected chi connectivity index (χ4v) is 3.20. The summed E-state index contributed by atoms with van der Waals surface area (Å²) in [7, 11) is 1.71. The molecular formula is C13H19BrN4O3. The Morgan fingerprint density at radius 1 is 1.67 bits per heavy atom. The van der Waals surface area contributed by atoms with Crippen molar-refractivity contribution in [3.05, 3.63) is 26.3 Å². The van der Waals surface area contributed by atoms with Gasteiger partial charge in [0.15, 0.2) is 0 Å². The van der Waals surface area contributed by atoms with Crippen LogP contribution >= 0.6 is 15.9 Å². The molecule has 0 saturated carbocycles. The van der Waals surface area contributed by atoms with Gasteiger partial charge in [0.1, 0.15) is 12.0 Å². The number of piperidine rings is 1. The Kier molecular flexibility index (Phi) is 5.13. The highest BCUT2D eigenvalue weighted by molar-refractivity contribution is 9.10. The second kappa shape index (κ2) is 6.67. The Labute approximate surface area is 131 Å². The molecule has 0 radical (unpaired) electrons. The van der Waals surface area contributed by atoms with Gasteiger partial charge < -0.3 is 15.4 Å². The highest BCUT2D eigenvalue weighted by Gasteiger charge is 2.31. The number of methoxy groups -OCH3 is 1. The minimum absolute atomic E-state index is 0.0155. The smallest absolute Gasteiger partial charge is 0.291 e. The van der Waals surface area contributed by atoms with Gasteiger partial charge in [-0.3, -0.25) is 10.1 Å². The van der Waals surface area contributed by atoms with Gasteiger partial charge in [0.2, 0.25) is 0 Å². The third-order valence-electron chi connectivity index (χ3n) is 3.96. The third kappa shape index (κ3) is 3.17. The number of nitro groups is 1. The number of aromatic nitrogens is 1. The van der Waals surface area contributed by atoms with Crippen molar-refractivity contribution in [1.29, 1.82) is 0 Å². The number of rotatable bonds is 4. The van der Waals surface area contributed by atoms with Crippen molar-refractivity contribution in [1.82, 2.24) is 4.98 Å². The summed E-state index contributed by atoms with van der Waals surface area (Å²) in [6.45, 7) is 2.97. The summed E-state index contributed by atoms with van der Waals surface area (Å²) < 4.78 is 6.07. The monoisotopic (exact) mass is 358 g/mol. The van der Waals surface area contributed by atoms with Crippen LogP contribution in [0.15, 0.2) is 10.7 Å². The molecule has 7 nitrogen and oxygen atoms in total. The molecule has 0 aliphatic carbocycles. The maximum Gasteiger partial charge on any atom is 0.291 e. The number of nitrogens with two attached hydrogens (primary N) is 1. The van der Waals surface area contributed by atoms with Crippen LogP contribution in [0.2, 0.25) is 0 Å². The second-order valence-electron chi connectivity index (χ2n) is 5.13. The van der Waals surface area contributed by atoms with Crippen molar-refractivity contribution >= 4 is 27.4 Å². The number of nitrogens with zero attached hydrogens (tertiary/aromatic N) is 3. The van der Waals surface area contributed by atoms with E-state index in [0.717, 1.165) is 19.4 Å². The van der Waals surface area contributed by atoms with Crippen molar-refractivity contribution in [3.63, 3.8) is 0 Å². The molecule has 0 bridgehead atoms. The Morgan fingerprint density at radius 2 is 2.38 bits per heavy atom. The molecule has 1 aromatic heterocycles. The first kappa shape index (κ1) is 16.1. The lowest BCUT2D eigenvalue weighted by Gasteiger charge is -2.39. The van der Waals surface area contributed by atoms with E-state index in [4.69, 9.17) is 10.5 Å². The normalized spacial score (nSPS) is 22.4. The number of ether oxygens (including phenoxy) is 1. The van der Waals surface area contributed by atoms with Crippen LogP contribution in [-0.4, -0.2) is 42.3 Å². The van der Waals surface area contributed by atoms with E-state index in [0.29, 0.717) is 22.4 Å². The molecule has 0 spiro atoms. The first-order valence-electron chi connectivity index (χ1n) is 6.78. The standard InChI is InChI=1S/C13H19BrN4O3/c1-8-11(18(19)20)7-16-13(12(8)14)17-4-3-10(21-2)5-9(17)6-15/h7,9-10H,3-6,15H2,1-2H3. The summed E-state index contributed by atoms with van der Waals surface area (Å²) in [5, 5.41) is 11.0. The van der Waals surface area contributed by atoms with Crippen LogP contribution in [-0.2, 0) is 4.74 Å². The van der Waals surface area contributed by atoms with Crippen molar-refractivity contribution in [2.45, 2.75) is 31.9 Å². The van der Waals surface area contributed by atoms with Crippen LogP contribution in [0.25, 0.3) is 0 Å². The van der Waals surface area contributed by atoms with Crippen LogP contribution in [0.4, 0.5) is 11.5 Å². The topological polar surface area (TPSA) is 94.5 Å². The average molecular weight is 359 g/mol. The Morgan fingerprint density at radius 3 is 2.95 bits per heavy atom. The third-order valence-corrected chi connectivity index (χ3v) is 4.91. The molecule has 1 aromatic rings. The lowest BCUT2D eigenvalue weighted by molar-refractivity contribution is -0.385. The summed E-state index contributed by atoms with van der Waals surface area (Å²) in [5.74, 6) is 0.711. The predicted octanol–water partition coefficient (Wildman–Crippen LogP) is 2.00. The maximum atomic E-state index is 11.0. The largest absolute Gasteiger partial charge is 0.381 e. The van der Waals surface area contributed by atoms with Gasteiger partial charge in [0, 0.05) is 31.8 Å². The molecule has 1 aliphatic rings. The van der Waals surface area contributed by atoms with Crippen LogP contribution in [0.1, 0.15) is 18.4 Å². The fraction of sp³-hybridized carbons (Fsp3) is 0.615. The summed E-state index contributed by atoms with van der Waals surface area (Å²) in [6, 6.07) is 0.119. The van der Waals surface area contributed by atoms with Gasteiger partial charge in [-0.2, -0.15) is 0 Å². The van der Waals surface area contributed by atoms with Gasteiger partial charge in [0.25, 0.3) is 5.69 Å². The van der Waals surface area contributed by atoms with E-state index in [1.54, 1.807) is 14.0 Å². The number of anilines is 1. The summed E-state index contributed by atoms with van der Waals surface area (Å²) >= 11 is 3.44. The number of halogens is 1. The first-order valence-corrected chi connectivity index (χ1v) is 7.57. The van der Waals surface area contributed by atoms with E-state index in [2.05, 4.69) is 25.8 Å². The molecule has 21 heavy (non-hydrogen) atoms. The zero-order valence-electron chi connectivity index (χ0n) is 12.1. The molecule has 0 aromatic carbocycles. The highest BCUT2D eigenvalue weighted by atomic mass is 79.9. The maximum absolute atomic E-state index is 11.0. The van der Waals surface area contributed by atoms with Gasteiger partial charge in [-0.1, -0.05) is 0 Å². The molecule has 2 unspecified atom stereocenters. The summed E-state index contributed by atoms with van der Waals surface area (Å²) in [5.41, 5.74) is 6.46. The lowest BCUT2D eigenvalue weighted by atomic mass is 9.99. The fourth-order valence-electron chi connectivity index (χ4n) is 2.67. The van der Waals surface area contributed by atoms with Gasteiger partial charge >= 0.3 is 0 Å². The molecule has 1 fully saturated rings. The van der Waals surface area contributed by atoms with Crippen molar-refractivity contribution in [2.24, 2.45) is 5.73 Å². The zero-order valence-corrected chi connectivity index (χ0v) is 13.7. The lowest BCUT2D eigenvalue weighted by Crippen LogP contribution is -2.49. The minimum atomic E-state index is -0.422. The van der Waals surface area contributed by atoms with Crippen molar-refractivity contribution in [3.8, 4) is 0 Å². The van der Waals surface area contributed by atoms with Gasteiger partial charge in [-0.05, 0) is 35.7 Å². The molecule has 116 valence electrons. The molecule has 2 rings (SSSR count). The quantitative estimate of drug-likeness (QED) is 0.653. The summed E-state index contributed by atoms with van der Waals surface area (Å²) in [6.07, 6.45) is 3.23. The van der Waals surface area contributed by atoms with Crippen LogP contribution in [0.3, 0.4) is 0 Å². The number of pyridine rings is 1. The van der Waals surface area contributed by atoms with Crippen LogP contribution in [0.5, 0.6) is 0 Å². The highest BCUT2D eigenvalue weighted by Crippen LogP contribution is 2.35. The molecule has 8 heteroatoms. The first-order chi connectivity index (χ1) is 9.99. The van der Waals surface area contributed by atoms with Gasteiger partial charge in [-0.25, -0.2) is 4.98 Å². The van der Waals surface area contributed by atoms with Gasteiger partial charge in [0.05, 0.1) is 15.5 Å². The molecule has 0 amide bonds. The van der Waals surface area contributed by atoms with Crippen LogP contribution in [0, 0.1) is 17.0 Å². The Bertz CT molecular complexity index is 540. The van der Waals surface area contributed by atoms with E-state index in [-0.39, 0.29) is 17.8 Å². The second-order valence-corrected chi connectivity index (χ2v) is 5.92. The molecule has 2 heterocycles. The predicted molar refractivity (Wildman–Crippen MR) is 83.5 cm³/mol. The summed E-state index contributed by atoms with van der Waals surface area (Å²) in [4.78, 5) is 16.9. The van der Waals surface area contributed by atoms with Crippen LogP contribution < -0.4 is 10.6 Å². The van der Waals surface area contributed by atoms with E-state index >= 15 is 0 Å². The minimum Gasteiger partial charge on any atom is -0.381 e. The molecule has 1 aliphatic heterocycles. The average Bonchev–Trinajstić information content (AvgIpc) is 2.49. The molecule has 1 saturated heterocycles. The van der Waals surface area contributed by atoms with E-state index in [1.165, 1.54) is 6.20 Å². The molecular weight excluding hydrogens is 340 g/mol. The molecule has 2 N–H and O–H groups in total. The zero-order chi connectivity index (χ0) is 15.6. The van der Waals surface area contributed by atoms with E-state index < -0.39 is 4.92 Å². The van der Waals surface area contributed by atoms with Crippen molar-refractivity contribution < 1.29 is 9.66 Å². The van der Waals surface area contributed by atoms with E-state index in [1.807, 2.05) is 0 Å². The van der Waals surface area contributed by atoms with Gasteiger partial charge in [-0.15, -0.1) is 0 Å². The SMILES string of the molecule is COC1CCN(c2ncc([N+](=O)[O-])c(C)c2Br)C(CN)C1.